The van der Waals surface area contributed by atoms with Crippen molar-refractivity contribution < 1.29 is 14.4 Å². The number of carbonyl (C=O) groups is 3. The lowest BCUT2D eigenvalue weighted by molar-refractivity contribution is -0.124. The summed E-state index contributed by atoms with van der Waals surface area (Å²) in [7, 11) is 0. The molecular formula is C11H12N2O3. The Balaban J connectivity index is 0.000000165. The van der Waals surface area contributed by atoms with Crippen LogP contribution in [0.25, 0.3) is 0 Å². The number of hydrogen-bond donors (Lipinski definition) is 2. The molecule has 1 aliphatic heterocycles. The third-order valence-electron chi connectivity index (χ3n) is 1.92. The van der Waals surface area contributed by atoms with Crippen LogP contribution in [0.2, 0.25) is 0 Å². The summed E-state index contributed by atoms with van der Waals surface area (Å²) in [4.78, 5) is 30.7. The molecule has 16 heavy (non-hydrogen) atoms. The molecule has 3 amide bonds. The van der Waals surface area contributed by atoms with E-state index in [0.717, 1.165) is 0 Å². The van der Waals surface area contributed by atoms with Gasteiger partial charge in [-0.15, -0.1) is 0 Å². The number of nitrogens with one attached hydrogen (secondary N) is 1. The number of amides is 3. The second-order valence-corrected chi connectivity index (χ2v) is 3.20. The number of benzene rings is 1. The van der Waals surface area contributed by atoms with Crippen LogP contribution >= 0.6 is 0 Å². The Morgan fingerprint density at radius 2 is 1.56 bits per heavy atom. The monoisotopic (exact) mass is 220 g/mol. The molecule has 1 saturated heterocycles. The molecule has 0 spiro atoms. The molecule has 0 radical (unpaired) electrons. The molecule has 1 aliphatic rings. The molecule has 84 valence electrons. The highest BCUT2D eigenvalue weighted by Gasteiger charge is 2.15. The van der Waals surface area contributed by atoms with Crippen molar-refractivity contribution in [2.75, 3.05) is 0 Å². The van der Waals surface area contributed by atoms with Gasteiger partial charge in [-0.1, -0.05) is 18.2 Å². The fraction of sp³-hybridized carbons (Fsp3) is 0.182. The SMILES string of the molecule is NC(=O)c1ccccc1.O=C1CCC(=O)N1. The molecule has 0 aromatic heterocycles. The first-order valence-electron chi connectivity index (χ1n) is 4.77. The number of primary amides is 1. The maximum atomic E-state index is 10.4. The Morgan fingerprint density at radius 1 is 1.06 bits per heavy atom. The third-order valence-corrected chi connectivity index (χ3v) is 1.92. The molecule has 0 atom stereocenters. The molecule has 5 heteroatoms. The summed E-state index contributed by atoms with van der Waals surface area (Å²) >= 11 is 0. The Morgan fingerprint density at radius 3 is 1.81 bits per heavy atom. The Kier molecular flexibility index (Phi) is 4.20. The minimum absolute atomic E-state index is 0.148. The van der Waals surface area contributed by atoms with E-state index in [1.807, 2.05) is 6.07 Å². The number of hydrogen-bond acceptors (Lipinski definition) is 3. The Hall–Kier alpha value is -2.17. The molecule has 0 bridgehead atoms. The molecule has 2 rings (SSSR count). The maximum Gasteiger partial charge on any atom is 0.248 e. The van der Waals surface area contributed by atoms with Crippen molar-refractivity contribution >= 4 is 17.7 Å². The van der Waals surface area contributed by atoms with Gasteiger partial charge in [-0.25, -0.2) is 0 Å². The van der Waals surface area contributed by atoms with Gasteiger partial charge in [0.05, 0.1) is 0 Å². The van der Waals surface area contributed by atoms with Crippen LogP contribution in [0.3, 0.4) is 0 Å². The van der Waals surface area contributed by atoms with Crippen molar-refractivity contribution in [3.8, 4) is 0 Å². The molecule has 5 nitrogen and oxygen atoms in total. The van der Waals surface area contributed by atoms with Crippen LogP contribution in [0.5, 0.6) is 0 Å². The highest BCUT2D eigenvalue weighted by atomic mass is 16.2. The fourth-order valence-electron chi connectivity index (χ4n) is 1.11. The minimum atomic E-state index is -0.379. The van der Waals surface area contributed by atoms with Crippen molar-refractivity contribution in [2.45, 2.75) is 12.8 Å². The zero-order chi connectivity index (χ0) is 12.0. The van der Waals surface area contributed by atoms with Crippen molar-refractivity contribution in [1.29, 1.82) is 0 Å². The summed E-state index contributed by atoms with van der Waals surface area (Å²) < 4.78 is 0. The summed E-state index contributed by atoms with van der Waals surface area (Å²) in [6, 6.07) is 8.76. The Labute approximate surface area is 92.6 Å². The zero-order valence-electron chi connectivity index (χ0n) is 8.60. The molecule has 1 aromatic carbocycles. The van der Waals surface area contributed by atoms with E-state index in [9.17, 15) is 14.4 Å². The second kappa shape index (κ2) is 5.65. The summed E-state index contributed by atoms with van der Waals surface area (Å²) in [5.41, 5.74) is 5.53. The van der Waals surface area contributed by atoms with Crippen LogP contribution in [-0.2, 0) is 9.59 Å². The molecule has 1 fully saturated rings. The van der Waals surface area contributed by atoms with Gasteiger partial charge in [0.15, 0.2) is 0 Å². The molecule has 1 heterocycles. The van der Waals surface area contributed by atoms with Gasteiger partial charge in [0.2, 0.25) is 17.7 Å². The predicted molar refractivity (Wildman–Crippen MR) is 57.3 cm³/mol. The summed E-state index contributed by atoms with van der Waals surface area (Å²) in [5.74, 6) is -0.675. The lowest BCUT2D eigenvalue weighted by atomic mass is 10.2. The van der Waals surface area contributed by atoms with E-state index < -0.39 is 0 Å². The van der Waals surface area contributed by atoms with Crippen LogP contribution in [-0.4, -0.2) is 17.7 Å². The average Bonchev–Trinajstić information content (AvgIpc) is 2.65. The highest BCUT2D eigenvalue weighted by molar-refractivity contribution is 6.01. The van der Waals surface area contributed by atoms with Gasteiger partial charge < -0.3 is 5.73 Å². The van der Waals surface area contributed by atoms with E-state index in [2.05, 4.69) is 5.32 Å². The second-order valence-electron chi connectivity index (χ2n) is 3.20. The van der Waals surface area contributed by atoms with E-state index in [-0.39, 0.29) is 17.7 Å². The summed E-state index contributed by atoms with van der Waals surface area (Å²) in [6.45, 7) is 0. The normalized spacial score (nSPS) is 13.8. The van der Waals surface area contributed by atoms with E-state index in [4.69, 9.17) is 5.73 Å². The molecule has 0 saturated carbocycles. The van der Waals surface area contributed by atoms with Gasteiger partial charge in [-0.05, 0) is 12.1 Å². The van der Waals surface area contributed by atoms with Crippen LogP contribution in [0.15, 0.2) is 30.3 Å². The van der Waals surface area contributed by atoms with Crippen LogP contribution < -0.4 is 11.1 Å². The van der Waals surface area contributed by atoms with Gasteiger partial charge in [-0.2, -0.15) is 0 Å². The largest absolute Gasteiger partial charge is 0.366 e. The van der Waals surface area contributed by atoms with E-state index in [0.29, 0.717) is 18.4 Å². The van der Waals surface area contributed by atoms with Gasteiger partial charge in [0, 0.05) is 18.4 Å². The standard InChI is InChI=1S/C7H7NO.C4H5NO2/c8-7(9)6-4-2-1-3-5-6;6-3-1-2-4(7)5-3/h1-5H,(H2,8,9);1-2H2,(H,5,6,7). The molecule has 0 aliphatic carbocycles. The minimum Gasteiger partial charge on any atom is -0.366 e. The smallest absolute Gasteiger partial charge is 0.248 e. The predicted octanol–water partition coefficient (Wildman–Crippen LogP) is 0.208. The van der Waals surface area contributed by atoms with Gasteiger partial charge >= 0.3 is 0 Å². The molecule has 3 N–H and O–H groups in total. The summed E-state index contributed by atoms with van der Waals surface area (Å²) in [6.07, 6.45) is 0.748. The average molecular weight is 220 g/mol. The zero-order valence-corrected chi connectivity index (χ0v) is 8.60. The molecule has 1 aromatic rings. The first kappa shape index (κ1) is 11.9. The third kappa shape index (κ3) is 3.91. The fourth-order valence-corrected chi connectivity index (χ4v) is 1.11. The van der Waals surface area contributed by atoms with E-state index in [1.54, 1.807) is 24.3 Å². The van der Waals surface area contributed by atoms with Gasteiger partial charge in [0.1, 0.15) is 0 Å². The number of imide groups is 1. The van der Waals surface area contributed by atoms with Crippen LogP contribution in [0.4, 0.5) is 0 Å². The molecular weight excluding hydrogens is 208 g/mol. The topological polar surface area (TPSA) is 89.3 Å². The maximum absolute atomic E-state index is 10.4. The van der Waals surface area contributed by atoms with Gasteiger partial charge in [-0.3, -0.25) is 19.7 Å². The Bertz CT molecular complexity index is 387. The highest BCUT2D eigenvalue weighted by Crippen LogP contribution is 1.96. The van der Waals surface area contributed by atoms with Crippen LogP contribution in [0, 0.1) is 0 Å². The lowest BCUT2D eigenvalue weighted by Gasteiger charge is -1.89. The van der Waals surface area contributed by atoms with E-state index in [1.165, 1.54) is 0 Å². The van der Waals surface area contributed by atoms with Crippen molar-refractivity contribution in [3.05, 3.63) is 35.9 Å². The van der Waals surface area contributed by atoms with Crippen molar-refractivity contribution in [1.82, 2.24) is 5.32 Å². The number of rotatable bonds is 1. The first-order valence-corrected chi connectivity index (χ1v) is 4.77. The van der Waals surface area contributed by atoms with Crippen LogP contribution in [0.1, 0.15) is 23.2 Å². The van der Waals surface area contributed by atoms with E-state index >= 15 is 0 Å². The van der Waals surface area contributed by atoms with Crippen molar-refractivity contribution in [2.24, 2.45) is 5.73 Å². The van der Waals surface area contributed by atoms with Crippen molar-refractivity contribution in [3.63, 3.8) is 0 Å². The summed E-state index contributed by atoms with van der Waals surface area (Å²) in [5, 5.41) is 2.14. The first-order chi connectivity index (χ1) is 7.59. The van der Waals surface area contributed by atoms with Gasteiger partial charge in [0.25, 0.3) is 0 Å². The number of nitrogens with two attached hydrogens (primary N) is 1. The lowest BCUT2D eigenvalue weighted by Crippen LogP contribution is -2.18. The number of carbonyl (C=O) groups excluding carboxylic acids is 3. The molecule has 0 unspecified atom stereocenters. The quantitative estimate of drug-likeness (QED) is 0.663.